The summed E-state index contributed by atoms with van der Waals surface area (Å²) < 4.78 is 51.1. The molecular weight excluding hydrogens is 695 g/mol. The first kappa shape index (κ1) is 36.2. The second-order valence-electron chi connectivity index (χ2n) is 13.0. The fraction of sp³-hybridized carbons (Fsp3) is 0.293. The Bertz CT molecular complexity index is 2230. The Kier molecular flexibility index (Phi) is 10.8. The summed E-state index contributed by atoms with van der Waals surface area (Å²) in [6.07, 6.45) is 4.78. The molecule has 0 spiro atoms. The smallest absolute Gasteiger partial charge is 0.286 e. The zero-order valence-electron chi connectivity index (χ0n) is 29.7. The van der Waals surface area contributed by atoms with E-state index in [1.165, 1.54) is 45.8 Å². The highest BCUT2D eigenvalue weighted by Gasteiger charge is 2.32. The van der Waals surface area contributed by atoms with Gasteiger partial charge in [0.2, 0.25) is 16.3 Å². The second-order valence-corrected chi connectivity index (χ2v) is 15.0. The van der Waals surface area contributed by atoms with Gasteiger partial charge in [-0.25, -0.2) is 8.42 Å². The van der Waals surface area contributed by atoms with E-state index >= 15 is 0 Å². The molecule has 12 heteroatoms. The molecule has 276 valence electrons. The number of nitrogens with one attached hydrogen (secondary N) is 2. The summed E-state index contributed by atoms with van der Waals surface area (Å²) in [4.78, 5) is 17.1. The lowest BCUT2D eigenvalue weighted by molar-refractivity contribution is -0.146. The number of aliphatic hydroxyl groups is 1. The number of hydrogen-bond donors (Lipinski definition) is 3. The number of carbonyl (C=O) groups excluding carboxylic acids is 1. The van der Waals surface area contributed by atoms with Gasteiger partial charge in [-0.3, -0.25) is 4.79 Å². The van der Waals surface area contributed by atoms with Gasteiger partial charge in [0.05, 0.1) is 32.3 Å². The lowest BCUT2D eigenvalue weighted by Gasteiger charge is -2.31. The minimum absolute atomic E-state index is 0.0238. The van der Waals surface area contributed by atoms with Crippen LogP contribution in [0.2, 0.25) is 0 Å². The van der Waals surface area contributed by atoms with Gasteiger partial charge in [0.1, 0.15) is 11.5 Å². The van der Waals surface area contributed by atoms with E-state index in [0.717, 1.165) is 34.2 Å². The van der Waals surface area contributed by atoms with Crippen molar-refractivity contribution in [1.82, 2.24) is 14.6 Å². The predicted octanol–water partition coefficient (Wildman–Crippen LogP) is 5.53. The lowest BCUT2D eigenvalue weighted by Crippen LogP contribution is -2.38. The molecule has 2 atom stereocenters. The maximum atomic E-state index is 13.7. The van der Waals surface area contributed by atoms with Crippen molar-refractivity contribution < 1.29 is 37.3 Å². The molecule has 0 bridgehead atoms. The number of H-pyrrole nitrogens is 1. The van der Waals surface area contributed by atoms with Crippen molar-refractivity contribution in [3.63, 3.8) is 0 Å². The van der Waals surface area contributed by atoms with Crippen molar-refractivity contribution in [3.8, 4) is 22.6 Å². The van der Waals surface area contributed by atoms with Crippen molar-refractivity contribution >= 4 is 26.8 Å². The van der Waals surface area contributed by atoms with Crippen molar-refractivity contribution in [2.45, 2.75) is 36.4 Å². The SMILES string of the molecule is COc1ccc(S(=O)(=O)N(CCO)CCO[C@H]2C[C@@H](c3cccc4c3Cc3ccccc3-4)C=C(C(=O)NCCc3c[nH]c4ccc(OC)cc34)O2)cc1. The van der Waals surface area contributed by atoms with Crippen LogP contribution in [-0.2, 0) is 37.1 Å². The molecule has 11 nitrogen and oxygen atoms in total. The van der Waals surface area contributed by atoms with Crippen molar-refractivity contribution in [2.75, 3.05) is 47.1 Å². The third-order valence-corrected chi connectivity index (χ3v) is 11.8. The molecule has 1 aromatic heterocycles. The summed E-state index contributed by atoms with van der Waals surface area (Å²) >= 11 is 0. The number of aliphatic hydroxyl groups excluding tert-OH is 1. The highest BCUT2D eigenvalue weighted by atomic mass is 32.2. The molecule has 0 radical (unpaired) electrons. The van der Waals surface area contributed by atoms with E-state index in [0.29, 0.717) is 25.1 Å². The van der Waals surface area contributed by atoms with Crippen LogP contribution in [0.25, 0.3) is 22.0 Å². The number of allylic oxidation sites excluding steroid dienone is 1. The van der Waals surface area contributed by atoms with Crippen LogP contribution in [-0.4, -0.2) is 82.1 Å². The normalized spacial score (nSPS) is 16.5. The molecule has 0 unspecified atom stereocenters. The predicted molar refractivity (Wildman–Crippen MR) is 201 cm³/mol. The summed E-state index contributed by atoms with van der Waals surface area (Å²) in [5.74, 6) is 0.882. The fourth-order valence-electron chi connectivity index (χ4n) is 7.20. The Labute approximate surface area is 309 Å². The molecular formula is C41H43N3O8S. The number of methoxy groups -OCH3 is 2. The van der Waals surface area contributed by atoms with Crippen LogP contribution in [0.3, 0.4) is 0 Å². The Hall–Kier alpha value is -5.14. The molecule has 2 aliphatic rings. The number of fused-ring (bicyclic) bond motifs is 4. The first-order valence-electron chi connectivity index (χ1n) is 17.7. The highest BCUT2D eigenvalue weighted by molar-refractivity contribution is 7.89. The van der Waals surface area contributed by atoms with Gasteiger partial charge in [0.25, 0.3) is 5.91 Å². The molecule has 7 rings (SSSR count). The number of nitrogens with zero attached hydrogens (tertiary/aromatic N) is 1. The Morgan fingerprint density at radius 1 is 0.962 bits per heavy atom. The third kappa shape index (κ3) is 7.67. The molecule has 2 heterocycles. The molecule has 5 aromatic rings. The lowest BCUT2D eigenvalue weighted by atomic mass is 9.87. The monoisotopic (exact) mass is 737 g/mol. The van der Waals surface area contributed by atoms with E-state index in [-0.39, 0.29) is 48.8 Å². The van der Waals surface area contributed by atoms with Gasteiger partial charge < -0.3 is 34.4 Å². The first-order valence-corrected chi connectivity index (χ1v) is 19.1. The number of aromatic nitrogens is 1. The summed E-state index contributed by atoms with van der Waals surface area (Å²) in [5.41, 5.74) is 7.99. The van der Waals surface area contributed by atoms with Gasteiger partial charge in [-0.2, -0.15) is 4.31 Å². The van der Waals surface area contributed by atoms with E-state index in [4.69, 9.17) is 18.9 Å². The molecule has 53 heavy (non-hydrogen) atoms. The third-order valence-electron chi connectivity index (χ3n) is 9.91. The Morgan fingerprint density at radius 3 is 2.53 bits per heavy atom. The maximum absolute atomic E-state index is 13.7. The number of hydrogen-bond acceptors (Lipinski definition) is 8. The maximum Gasteiger partial charge on any atom is 0.286 e. The van der Waals surface area contributed by atoms with Crippen molar-refractivity contribution in [2.24, 2.45) is 0 Å². The molecule has 3 N–H and O–H groups in total. The standard InChI is InChI=1S/C41H43N3O8S/c1-49-30-10-13-32(14-11-30)53(47,48)44(18-20-45)19-21-51-40-24-29(34-8-5-9-35-33-7-4-3-6-27(33)22-37(34)35)23-39(52-40)41(46)42-17-16-28-26-43-38-15-12-31(50-2)25-36(28)38/h3-15,23,25-26,29,40,43,45H,16-22,24H2,1-2H3,(H,42,46)/t29-,40+/m0/s1. The van der Waals surface area contributed by atoms with Crippen molar-refractivity contribution in [1.29, 1.82) is 0 Å². The van der Waals surface area contributed by atoms with E-state index in [1.807, 2.05) is 48.7 Å². The van der Waals surface area contributed by atoms with Crippen LogP contribution in [0, 0.1) is 0 Å². The quantitative estimate of drug-likeness (QED) is 0.125. The van der Waals surface area contributed by atoms with Gasteiger partial charge in [-0.15, -0.1) is 0 Å². The van der Waals surface area contributed by atoms with Gasteiger partial charge in [-0.1, -0.05) is 42.5 Å². The minimum atomic E-state index is -3.94. The number of rotatable bonds is 15. The van der Waals surface area contributed by atoms with Gasteiger partial charge in [-0.05, 0) is 94.8 Å². The molecule has 1 aliphatic heterocycles. The number of benzene rings is 4. The second kappa shape index (κ2) is 15.8. The summed E-state index contributed by atoms with van der Waals surface area (Å²) in [6, 6.07) is 26.6. The minimum Gasteiger partial charge on any atom is -0.497 e. The zero-order chi connectivity index (χ0) is 37.0. The number of sulfonamides is 1. The summed E-state index contributed by atoms with van der Waals surface area (Å²) in [5, 5.41) is 13.8. The zero-order valence-corrected chi connectivity index (χ0v) is 30.5. The number of amides is 1. The average molecular weight is 738 g/mol. The first-order chi connectivity index (χ1) is 25.8. The molecule has 4 aromatic carbocycles. The average Bonchev–Trinajstić information content (AvgIpc) is 3.78. The molecule has 1 aliphatic carbocycles. The van der Waals surface area contributed by atoms with Gasteiger partial charge in [0, 0.05) is 49.1 Å². The number of aromatic amines is 1. The van der Waals surface area contributed by atoms with E-state index < -0.39 is 16.3 Å². The van der Waals surface area contributed by atoms with Crippen LogP contribution in [0.15, 0.2) is 108 Å². The Morgan fingerprint density at radius 2 is 1.74 bits per heavy atom. The Balaban J connectivity index is 1.08. The van der Waals surface area contributed by atoms with Gasteiger partial charge >= 0.3 is 0 Å². The highest BCUT2D eigenvalue weighted by Crippen LogP contribution is 2.43. The van der Waals surface area contributed by atoms with Crippen LogP contribution in [0.5, 0.6) is 11.5 Å². The molecule has 0 saturated heterocycles. The van der Waals surface area contributed by atoms with E-state index in [2.05, 4.69) is 34.6 Å². The summed E-state index contributed by atoms with van der Waals surface area (Å²) in [7, 11) is -0.796. The van der Waals surface area contributed by atoms with Crippen LogP contribution >= 0.6 is 0 Å². The van der Waals surface area contributed by atoms with Crippen LogP contribution in [0.1, 0.15) is 34.6 Å². The summed E-state index contributed by atoms with van der Waals surface area (Å²) in [6.45, 7) is -0.160. The molecule has 1 amide bonds. The van der Waals surface area contributed by atoms with Crippen LogP contribution < -0.4 is 14.8 Å². The topological polar surface area (TPSA) is 139 Å². The van der Waals surface area contributed by atoms with Crippen molar-refractivity contribution in [3.05, 3.63) is 125 Å². The number of ether oxygens (including phenoxy) is 4. The fourth-order valence-corrected chi connectivity index (χ4v) is 8.62. The van der Waals surface area contributed by atoms with E-state index in [9.17, 15) is 18.3 Å². The largest absolute Gasteiger partial charge is 0.497 e. The van der Waals surface area contributed by atoms with E-state index in [1.54, 1.807) is 19.2 Å². The number of carbonyl (C=O) groups is 1. The molecule has 0 fully saturated rings. The van der Waals surface area contributed by atoms with Crippen LogP contribution in [0.4, 0.5) is 0 Å². The molecule has 0 saturated carbocycles. The van der Waals surface area contributed by atoms with Gasteiger partial charge in [0.15, 0.2) is 5.76 Å².